The van der Waals surface area contributed by atoms with E-state index in [1.54, 1.807) is 30.9 Å². The summed E-state index contributed by atoms with van der Waals surface area (Å²) in [4.78, 5) is 59.3. The van der Waals surface area contributed by atoms with Crippen molar-refractivity contribution in [3.05, 3.63) is 131 Å². The van der Waals surface area contributed by atoms with Crippen molar-refractivity contribution in [3.63, 3.8) is 0 Å². The first kappa shape index (κ1) is 72.7. The molecule has 4 aliphatic rings. The number of piperazine rings is 2. The van der Waals surface area contributed by atoms with E-state index in [0.717, 1.165) is 54.1 Å². The molecule has 21 nitrogen and oxygen atoms in total. The van der Waals surface area contributed by atoms with Crippen molar-refractivity contribution in [2.75, 3.05) is 94.6 Å². The standard InChI is InChI=1S/C67H85ClF3N9O12S3/c1-44(2)61(62(83)66(86)39-56(63(72)84)73-43-66)57-37-59(75-92-57)91-35-9-8-12-60(82)79-31-28-77(29-32-79)27-24-49(42-93-52-10-6-5-7-11-52)74-55-22-21-53(36-58(55)94(87,88)67(69,70)71)95(89,90)76-64(85)46-15-19-50(20-16-46)80-33-30-78(41-51(80)25-34-81)40-47-38-65(3,4)26-23-54(47)45-13-17-48(68)18-14-45/h5-7,10-11,13-22,36-37,44,49,51,56,61,73-74,81,86H,8-9,12,23-35,38-43H2,1-4H3,(H2,72,84)(H,76,85)/t49-,51+,56?,61+,66?/m1/s1. The molecular formula is C67H85ClF3N9O12S3. The lowest BCUT2D eigenvalue weighted by molar-refractivity contribution is -0.139. The van der Waals surface area contributed by atoms with Crippen molar-refractivity contribution in [2.24, 2.45) is 17.1 Å². The molecule has 1 aromatic heterocycles. The van der Waals surface area contributed by atoms with Gasteiger partial charge in [0.05, 0.1) is 29.1 Å². The number of sulfone groups is 1. The summed E-state index contributed by atoms with van der Waals surface area (Å²) < 4.78 is 112. The largest absolute Gasteiger partial charge is 0.501 e. The Morgan fingerprint density at radius 1 is 0.916 bits per heavy atom. The third-order valence-electron chi connectivity index (χ3n) is 18.2. The van der Waals surface area contributed by atoms with Crippen LogP contribution < -0.4 is 30.7 Å². The zero-order chi connectivity index (χ0) is 68.5. The minimum atomic E-state index is -6.19. The van der Waals surface area contributed by atoms with Crippen LogP contribution in [0.1, 0.15) is 113 Å². The quantitative estimate of drug-likeness (QED) is 0.0193. The molecule has 4 heterocycles. The first-order valence-corrected chi connectivity index (χ1v) is 36.4. The van der Waals surface area contributed by atoms with Crippen molar-refractivity contribution in [1.82, 2.24) is 29.9 Å². The average Bonchev–Trinajstić information content (AvgIpc) is 1.12. The van der Waals surface area contributed by atoms with E-state index in [-0.39, 0.29) is 78.8 Å². The highest BCUT2D eigenvalue weighted by molar-refractivity contribution is 7.99. The van der Waals surface area contributed by atoms with Crippen LogP contribution in [0.2, 0.25) is 5.02 Å². The number of nitrogens with zero attached hydrogens (tertiary/aromatic N) is 5. The number of aliphatic hydroxyl groups excluding tert-OH is 1. The number of alkyl halides is 3. The molecule has 2 unspecified atom stereocenters. The van der Waals surface area contributed by atoms with Crippen LogP contribution in [0.3, 0.4) is 0 Å². The maximum Gasteiger partial charge on any atom is 0.501 e. The molecule has 95 heavy (non-hydrogen) atoms. The zero-order valence-electron chi connectivity index (χ0n) is 53.8. The Balaban J connectivity index is 0.790. The van der Waals surface area contributed by atoms with Gasteiger partial charge in [-0.25, -0.2) is 21.6 Å². The van der Waals surface area contributed by atoms with Crippen LogP contribution in [-0.2, 0) is 34.2 Å². The van der Waals surface area contributed by atoms with Crippen molar-refractivity contribution >= 4 is 83.7 Å². The predicted octanol–water partition coefficient (Wildman–Crippen LogP) is 8.52. The van der Waals surface area contributed by atoms with E-state index in [4.69, 9.17) is 26.6 Å². The highest BCUT2D eigenvalue weighted by Crippen LogP contribution is 2.44. The van der Waals surface area contributed by atoms with Crippen LogP contribution >= 0.6 is 23.4 Å². The molecule has 5 aromatic rings. The molecule has 4 aromatic carbocycles. The topological polar surface area (TPSA) is 287 Å². The third kappa shape index (κ3) is 18.6. The second-order valence-corrected chi connectivity index (χ2v) is 31.2. The van der Waals surface area contributed by atoms with Crippen molar-refractivity contribution in [1.29, 1.82) is 0 Å². The zero-order valence-corrected chi connectivity index (χ0v) is 57.0. The number of aromatic nitrogens is 1. The summed E-state index contributed by atoms with van der Waals surface area (Å²) in [5, 5.41) is 31.7. The fourth-order valence-corrected chi connectivity index (χ4v) is 16.1. The Kier molecular flexibility index (Phi) is 24.0. The molecule has 3 aliphatic heterocycles. The smallest absolute Gasteiger partial charge is 0.476 e. The summed E-state index contributed by atoms with van der Waals surface area (Å²) in [6.07, 6.45) is 4.79. The lowest BCUT2D eigenvalue weighted by atomic mass is 9.72. The molecule has 516 valence electrons. The number of carbonyl (C=O) groups excluding carboxylic acids is 4. The molecule has 9 rings (SSSR count). The number of unbranched alkanes of at least 4 members (excludes halogenated alkanes) is 1. The Morgan fingerprint density at radius 3 is 2.28 bits per heavy atom. The lowest BCUT2D eigenvalue weighted by Gasteiger charge is -2.44. The molecular weight excluding hydrogens is 1310 g/mol. The van der Waals surface area contributed by atoms with Crippen LogP contribution in [0.25, 0.3) is 5.57 Å². The number of nitrogens with one attached hydrogen (secondary N) is 3. The van der Waals surface area contributed by atoms with Crippen molar-refractivity contribution in [2.45, 2.75) is 135 Å². The number of hydrogen-bond donors (Lipinski definition) is 6. The van der Waals surface area contributed by atoms with E-state index in [0.29, 0.717) is 89.1 Å². The summed E-state index contributed by atoms with van der Waals surface area (Å²) in [6, 6.07) is 25.5. The van der Waals surface area contributed by atoms with Crippen LogP contribution in [0.5, 0.6) is 5.88 Å². The lowest BCUT2D eigenvalue weighted by Crippen LogP contribution is -2.54. The van der Waals surface area contributed by atoms with Gasteiger partial charge in [-0.05, 0) is 139 Å². The minimum absolute atomic E-state index is 0.0623. The molecule has 0 bridgehead atoms. The molecule has 3 fully saturated rings. The van der Waals surface area contributed by atoms with E-state index < -0.39 is 82.0 Å². The molecule has 7 N–H and O–H groups in total. The number of sulfonamides is 1. The number of nitrogens with two attached hydrogens (primary N) is 1. The molecule has 1 aliphatic carbocycles. The van der Waals surface area contributed by atoms with Crippen LogP contribution in [0.15, 0.2) is 128 Å². The number of allylic oxidation sites excluding steroid dienone is 1. The van der Waals surface area contributed by atoms with E-state index in [9.17, 15) is 59.4 Å². The van der Waals surface area contributed by atoms with Gasteiger partial charge in [0.1, 0.15) is 10.5 Å². The minimum Gasteiger partial charge on any atom is -0.476 e. The molecule has 3 saturated heterocycles. The number of benzene rings is 4. The Hall–Kier alpha value is -6.56. The van der Waals surface area contributed by atoms with E-state index >= 15 is 0 Å². The van der Waals surface area contributed by atoms with Gasteiger partial charge in [0.25, 0.3) is 31.6 Å². The number of β-amino-alcohol motifs (C(OH)–C–C–N with tert-alkyl or cyclic N) is 1. The van der Waals surface area contributed by atoms with E-state index in [1.165, 1.54) is 41.1 Å². The summed E-state index contributed by atoms with van der Waals surface area (Å²) in [5.74, 6) is -2.93. The van der Waals surface area contributed by atoms with Crippen molar-refractivity contribution in [3.8, 4) is 5.88 Å². The Bertz CT molecular complexity index is 3760. The van der Waals surface area contributed by atoms with Gasteiger partial charge in [-0.2, -0.15) is 13.2 Å². The number of aliphatic hydroxyl groups is 2. The van der Waals surface area contributed by atoms with Crippen molar-refractivity contribution < 1.29 is 68.7 Å². The second-order valence-electron chi connectivity index (χ2n) is 26.1. The van der Waals surface area contributed by atoms with Crippen LogP contribution in [0, 0.1) is 11.3 Å². The number of ether oxygens (including phenoxy) is 1. The molecule has 28 heteroatoms. The maximum absolute atomic E-state index is 14.6. The molecule has 5 atom stereocenters. The fraction of sp³-hybridized carbons (Fsp3) is 0.507. The van der Waals surface area contributed by atoms with Gasteiger partial charge in [0.15, 0.2) is 11.5 Å². The van der Waals surface area contributed by atoms with Gasteiger partial charge in [-0.15, -0.1) is 11.8 Å². The fourth-order valence-electron chi connectivity index (χ4n) is 12.9. The van der Waals surface area contributed by atoms with Crippen LogP contribution in [-0.4, -0.2) is 184 Å². The number of carbonyl (C=O) groups is 4. The summed E-state index contributed by atoms with van der Waals surface area (Å²) >= 11 is 7.62. The number of amides is 3. The first-order chi connectivity index (χ1) is 45.0. The van der Waals surface area contributed by atoms with Gasteiger partial charge in [0, 0.05) is 130 Å². The number of primary amides is 1. The Morgan fingerprint density at radius 2 is 1.62 bits per heavy atom. The van der Waals surface area contributed by atoms with Crippen LogP contribution in [0.4, 0.5) is 24.5 Å². The molecule has 0 spiro atoms. The van der Waals surface area contributed by atoms with E-state index in [1.807, 2.05) is 47.2 Å². The maximum atomic E-state index is 14.6. The summed E-state index contributed by atoms with van der Waals surface area (Å²) in [5.41, 5.74) is 1.90. The summed E-state index contributed by atoms with van der Waals surface area (Å²) in [7, 11) is -11.2. The highest BCUT2D eigenvalue weighted by Gasteiger charge is 2.50. The Labute approximate surface area is 562 Å². The average molecular weight is 1400 g/mol. The molecule has 0 radical (unpaired) electrons. The number of halogens is 4. The van der Waals surface area contributed by atoms with Gasteiger partial charge in [0.2, 0.25) is 11.8 Å². The number of ketones is 1. The predicted molar refractivity (Wildman–Crippen MR) is 357 cm³/mol. The third-order valence-corrected chi connectivity index (χ3v) is 22.5. The van der Waals surface area contributed by atoms with Gasteiger partial charge < -0.3 is 45.6 Å². The first-order valence-electron chi connectivity index (χ1n) is 32.1. The SMILES string of the molecule is CC(C)[C@H](C(=O)C1(O)CNC(C(N)=O)C1)c1cc(OCCCCC(=O)N2CCN(CC[C@H](CSc3ccccc3)Nc3ccc(S(=O)(=O)NC(=O)c4ccc(N5CCN(CC6=C(c7ccc(Cl)cc7)CCC(C)(C)C6)C[C@@H]5CCO)cc4)cc3S(=O)(=O)C(F)(F)F)CC2)no1. The van der Waals surface area contributed by atoms with Gasteiger partial charge in [-0.3, -0.25) is 29.0 Å². The van der Waals surface area contributed by atoms with Gasteiger partial charge >= 0.3 is 5.51 Å². The normalized spacial score (nSPS) is 20.6. The molecule has 0 saturated carbocycles. The number of hydrogen-bond acceptors (Lipinski definition) is 19. The number of thioether (sulfide) groups is 1. The number of Topliss-reactive ketones (excluding diaryl/α,β-unsaturated/α-hetero) is 1. The monoisotopic (exact) mass is 1400 g/mol. The highest BCUT2D eigenvalue weighted by atomic mass is 35.5. The molecule has 3 amide bonds. The number of rotatable bonds is 29. The van der Waals surface area contributed by atoms with Gasteiger partial charge in [-0.1, -0.05) is 75.2 Å². The number of anilines is 2. The van der Waals surface area contributed by atoms with E-state index in [2.05, 4.69) is 56.5 Å². The summed E-state index contributed by atoms with van der Waals surface area (Å²) in [6.45, 7) is 13.1. The second kappa shape index (κ2) is 31.3.